The molecule has 0 aromatic carbocycles. The molecule has 0 aliphatic rings. The summed E-state index contributed by atoms with van der Waals surface area (Å²) >= 11 is 0. The van der Waals surface area contributed by atoms with Crippen LogP contribution in [0.3, 0.4) is 0 Å². The Bertz CT molecular complexity index is 273. The predicted octanol–water partition coefficient (Wildman–Crippen LogP) is 1.67. The van der Waals surface area contributed by atoms with E-state index in [4.69, 9.17) is 0 Å². The number of likely N-dealkylation sites (N-methyl/N-ethyl adjacent to an activating group) is 1. The van der Waals surface area contributed by atoms with Crippen LogP contribution < -0.4 is 5.32 Å². The highest BCUT2D eigenvalue weighted by atomic mass is 19.1. The monoisotopic (exact) mass is 166 g/mol. The maximum Gasteiger partial charge on any atom is 0.146 e. The molecule has 0 aliphatic heterocycles. The fourth-order valence-electron chi connectivity index (χ4n) is 1.04. The van der Waals surface area contributed by atoms with Crippen molar-refractivity contribution in [2.24, 2.45) is 0 Å². The van der Waals surface area contributed by atoms with Gasteiger partial charge < -0.3 is 5.32 Å². The number of halogens is 1. The minimum Gasteiger partial charge on any atom is -0.310 e. The Labute approximate surface area is 71.1 Å². The highest BCUT2D eigenvalue weighted by Gasteiger charge is 2.08. The lowest BCUT2D eigenvalue weighted by Crippen LogP contribution is -2.14. The van der Waals surface area contributed by atoms with E-state index in [1.165, 1.54) is 6.20 Å². The van der Waals surface area contributed by atoms with Gasteiger partial charge in [0.05, 0.1) is 12.2 Å². The maximum absolute atomic E-state index is 13.1. The molecule has 2 nitrogen and oxygen atoms in total. The smallest absolute Gasteiger partial charge is 0.146 e. The van der Waals surface area contributed by atoms with Crippen LogP contribution in [0.5, 0.6) is 0 Å². The van der Waals surface area contributed by atoms with Crippen molar-refractivity contribution in [1.29, 1.82) is 0 Å². The second-order valence-electron chi connectivity index (χ2n) is 2.40. The second-order valence-corrected chi connectivity index (χ2v) is 2.40. The number of aromatic nitrogens is 1. The molecule has 1 N–H and O–H groups in total. The van der Waals surface area contributed by atoms with Crippen molar-refractivity contribution >= 4 is 0 Å². The Kier molecular flexibility index (Phi) is 2.94. The topological polar surface area (TPSA) is 24.9 Å². The van der Waals surface area contributed by atoms with Gasteiger partial charge in [-0.25, -0.2) is 4.39 Å². The first-order chi connectivity index (χ1) is 5.79. The molecule has 0 bridgehead atoms. The molecular weight excluding hydrogens is 155 g/mol. The summed E-state index contributed by atoms with van der Waals surface area (Å²) in [7, 11) is 1.76. The number of hydrogen-bond acceptors (Lipinski definition) is 2. The minimum atomic E-state index is -0.309. The Hall–Kier alpha value is -1.22. The van der Waals surface area contributed by atoms with Gasteiger partial charge in [-0.15, -0.1) is 6.58 Å². The van der Waals surface area contributed by atoms with Crippen molar-refractivity contribution in [1.82, 2.24) is 10.3 Å². The quantitative estimate of drug-likeness (QED) is 0.691. The minimum absolute atomic E-state index is 0.145. The van der Waals surface area contributed by atoms with Crippen molar-refractivity contribution < 1.29 is 4.39 Å². The average molecular weight is 166 g/mol. The molecule has 0 saturated heterocycles. The summed E-state index contributed by atoms with van der Waals surface area (Å²) in [5.41, 5.74) is 0.572. The van der Waals surface area contributed by atoms with Gasteiger partial charge in [-0.2, -0.15) is 0 Å². The molecule has 1 aromatic heterocycles. The average Bonchev–Trinajstić information content (AvgIpc) is 2.10. The van der Waals surface area contributed by atoms with E-state index in [0.29, 0.717) is 5.56 Å². The third-order valence-electron chi connectivity index (χ3n) is 1.69. The van der Waals surface area contributed by atoms with E-state index in [9.17, 15) is 4.39 Å². The molecule has 0 saturated carbocycles. The number of pyridine rings is 1. The summed E-state index contributed by atoms with van der Waals surface area (Å²) < 4.78 is 13.1. The Morgan fingerprint density at radius 2 is 2.50 bits per heavy atom. The molecular formula is C9H11FN2. The summed E-state index contributed by atoms with van der Waals surface area (Å²) in [5.74, 6) is -0.309. The lowest BCUT2D eigenvalue weighted by atomic mass is 10.1. The Balaban J connectivity index is 3.00. The highest BCUT2D eigenvalue weighted by molar-refractivity contribution is 5.20. The van der Waals surface area contributed by atoms with Gasteiger partial charge >= 0.3 is 0 Å². The summed E-state index contributed by atoms with van der Waals surface area (Å²) in [6, 6.07) is 1.49. The fourth-order valence-corrected chi connectivity index (χ4v) is 1.04. The van der Waals surface area contributed by atoms with E-state index >= 15 is 0 Å². The van der Waals surface area contributed by atoms with E-state index in [-0.39, 0.29) is 11.9 Å². The molecule has 1 atom stereocenters. The van der Waals surface area contributed by atoms with Crippen molar-refractivity contribution in [3.8, 4) is 0 Å². The first-order valence-corrected chi connectivity index (χ1v) is 3.68. The van der Waals surface area contributed by atoms with Crippen molar-refractivity contribution in [3.05, 3.63) is 42.5 Å². The summed E-state index contributed by atoms with van der Waals surface area (Å²) in [6.07, 6.45) is 4.41. The number of rotatable bonds is 3. The van der Waals surface area contributed by atoms with Gasteiger partial charge in [0.25, 0.3) is 0 Å². The van der Waals surface area contributed by atoms with Crippen LogP contribution in [0.1, 0.15) is 11.6 Å². The molecule has 0 aliphatic carbocycles. The fraction of sp³-hybridized carbons (Fsp3) is 0.222. The van der Waals surface area contributed by atoms with Gasteiger partial charge in [-0.3, -0.25) is 4.98 Å². The van der Waals surface area contributed by atoms with E-state index in [1.54, 1.807) is 25.4 Å². The largest absolute Gasteiger partial charge is 0.310 e. The van der Waals surface area contributed by atoms with Crippen LogP contribution in [0.25, 0.3) is 0 Å². The predicted molar refractivity (Wildman–Crippen MR) is 46.2 cm³/mol. The standard InChI is InChI=1S/C9H11FN2/c1-3-9(11-2)7-4-5-12-6-8(7)10/h3-6,9,11H,1H2,2H3. The zero-order valence-corrected chi connectivity index (χ0v) is 6.92. The van der Waals surface area contributed by atoms with Gasteiger partial charge in [-0.05, 0) is 13.1 Å². The molecule has 0 spiro atoms. The van der Waals surface area contributed by atoms with Crippen LogP contribution in [-0.2, 0) is 0 Å². The van der Waals surface area contributed by atoms with Crippen LogP contribution in [0.2, 0.25) is 0 Å². The van der Waals surface area contributed by atoms with E-state index in [1.807, 2.05) is 0 Å². The summed E-state index contributed by atoms with van der Waals surface area (Å²) in [5, 5.41) is 2.92. The Morgan fingerprint density at radius 3 is 3.00 bits per heavy atom. The third-order valence-corrected chi connectivity index (χ3v) is 1.69. The van der Waals surface area contributed by atoms with Crippen LogP contribution in [0.15, 0.2) is 31.1 Å². The van der Waals surface area contributed by atoms with E-state index in [0.717, 1.165) is 0 Å². The molecule has 1 rings (SSSR count). The van der Waals surface area contributed by atoms with Crippen molar-refractivity contribution in [3.63, 3.8) is 0 Å². The van der Waals surface area contributed by atoms with Gasteiger partial charge in [0.15, 0.2) is 0 Å². The molecule has 0 fully saturated rings. The van der Waals surface area contributed by atoms with Crippen LogP contribution in [0.4, 0.5) is 4.39 Å². The molecule has 3 heteroatoms. The van der Waals surface area contributed by atoms with Crippen LogP contribution >= 0.6 is 0 Å². The zero-order valence-electron chi connectivity index (χ0n) is 6.92. The first-order valence-electron chi connectivity index (χ1n) is 3.68. The maximum atomic E-state index is 13.1. The van der Waals surface area contributed by atoms with Crippen LogP contribution in [0, 0.1) is 5.82 Å². The van der Waals surface area contributed by atoms with Crippen molar-refractivity contribution in [2.75, 3.05) is 7.05 Å². The highest BCUT2D eigenvalue weighted by Crippen LogP contribution is 2.15. The molecule has 0 radical (unpaired) electrons. The molecule has 12 heavy (non-hydrogen) atoms. The summed E-state index contributed by atoms with van der Waals surface area (Å²) in [6.45, 7) is 3.60. The Morgan fingerprint density at radius 1 is 1.75 bits per heavy atom. The van der Waals surface area contributed by atoms with Gasteiger partial charge in [0, 0.05) is 11.8 Å². The lowest BCUT2D eigenvalue weighted by molar-refractivity contribution is 0.576. The lowest BCUT2D eigenvalue weighted by Gasteiger charge is -2.11. The molecule has 64 valence electrons. The van der Waals surface area contributed by atoms with Crippen LogP contribution in [-0.4, -0.2) is 12.0 Å². The molecule has 1 heterocycles. The molecule has 1 unspecified atom stereocenters. The zero-order chi connectivity index (χ0) is 8.97. The number of hydrogen-bond donors (Lipinski definition) is 1. The van der Waals surface area contributed by atoms with E-state index in [2.05, 4.69) is 16.9 Å². The van der Waals surface area contributed by atoms with Gasteiger partial charge in [-0.1, -0.05) is 6.08 Å². The van der Waals surface area contributed by atoms with Gasteiger partial charge in [0.2, 0.25) is 0 Å². The van der Waals surface area contributed by atoms with E-state index < -0.39 is 0 Å². The van der Waals surface area contributed by atoms with Crippen molar-refractivity contribution in [2.45, 2.75) is 6.04 Å². The molecule has 1 aromatic rings. The second kappa shape index (κ2) is 3.97. The summed E-state index contributed by atoms with van der Waals surface area (Å²) in [4.78, 5) is 3.66. The number of nitrogens with zero attached hydrogens (tertiary/aromatic N) is 1. The van der Waals surface area contributed by atoms with Gasteiger partial charge in [0.1, 0.15) is 5.82 Å². The molecule has 0 amide bonds. The first kappa shape index (κ1) is 8.87. The number of nitrogens with one attached hydrogen (secondary N) is 1. The SMILES string of the molecule is C=CC(NC)c1ccncc1F. The third kappa shape index (κ3) is 1.68. The normalized spacial score (nSPS) is 12.5.